The van der Waals surface area contributed by atoms with Crippen LogP contribution in [0.2, 0.25) is 0 Å². The van der Waals surface area contributed by atoms with E-state index in [1.165, 1.54) is 11.8 Å². The predicted molar refractivity (Wildman–Crippen MR) is 131 cm³/mol. The molecular formula is C24H30N6O5S. The minimum atomic E-state index is -0.412. The number of aliphatic hydroxyl groups excluding tert-OH is 1. The minimum Gasteiger partial charge on any atom is -0.486 e. The molecule has 2 aromatic rings. The summed E-state index contributed by atoms with van der Waals surface area (Å²) >= 11 is 1.38. The van der Waals surface area contributed by atoms with E-state index in [0.29, 0.717) is 47.9 Å². The van der Waals surface area contributed by atoms with E-state index >= 15 is 0 Å². The summed E-state index contributed by atoms with van der Waals surface area (Å²) in [6.07, 6.45) is 3.14. The molecular weight excluding hydrogens is 484 g/mol. The lowest BCUT2D eigenvalue weighted by Gasteiger charge is -2.42. The number of ether oxygens (including phenoxy) is 3. The average molecular weight is 515 g/mol. The highest BCUT2D eigenvalue weighted by Crippen LogP contribution is 2.45. The van der Waals surface area contributed by atoms with Crippen molar-refractivity contribution in [2.24, 2.45) is 11.1 Å². The number of cyclic esters (lactones) is 1. The van der Waals surface area contributed by atoms with Gasteiger partial charge in [0.15, 0.2) is 17.4 Å². The monoisotopic (exact) mass is 514 g/mol. The van der Waals surface area contributed by atoms with Gasteiger partial charge in [-0.3, -0.25) is 0 Å². The van der Waals surface area contributed by atoms with E-state index in [9.17, 15) is 9.90 Å². The predicted octanol–water partition coefficient (Wildman–Crippen LogP) is 1.87. The molecule has 1 unspecified atom stereocenters. The van der Waals surface area contributed by atoms with Crippen LogP contribution in [-0.2, 0) is 16.1 Å². The highest BCUT2D eigenvalue weighted by Gasteiger charge is 2.48. The van der Waals surface area contributed by atoms with E-state index < -0.39 is 6.09 Å². The fourth-order valence-electron chi connectivity index (χ4n) is 5.55. The number of anilines is 2. The maximum absolute atomic E-state index is 12.2. The molecule has 0 aromatic carbocycles. The van der Waals surface area contributed by atoms with E-state index in [1.807, 2.05) is 19.9 Å². The first kappa shape index (κ1) is 23.7. The van der Waals surface area contributed by atoms with Crippen LogP contribution in [0, 0.1) is 12.3 Å². The number of hydrogen-bond acceptors (Lipinski definition) is 11. The Labute approximate surface area is 213 Å². The van der Waals surface area contributed by atoms with Crippen LogP contribution >= 0.6 is 11.8 Å². The summed E-state index contributed by atoms with van der Waals surface area (Å²) in [5.41, 5.74) is 7.77. The van der Waals surface area contributed by atoms with Crippen LogP contribution in [0.15, 0.2) is 22.2 Å². The van der Waals surface area contributed by atoms with Crippen molar-refractivity contribution >= 4 is 29.5 Å². The van der Waals surface area contributed by atoms with Gasteiger partial charge in [-0.2, -0.15) is 0 Å². The maximum atomic E-state index is 12.2. The zero-order chi connectivity index (χ0) is 25.0. The Morgan fingerprint density at radius 3 is 2.72 bits per heavy atom. The molecule has 36 heavy (non-hydrogen) atoms. The van der Waals surface area contributed by atoms with Crippen molar-refractivity contribution in [2.45, 2.75) is 61.4 Å². The zero-order valence-corrected chi connectivity index (χ0v) is 21.2. The van der Waals surface area contributed by atoms with Gasteiger partial charge in [-0.1, -0.05) is 11.8 Å². The van der Waals surface area contributed by atoms with Gasteiger partial charge in [0.1, 0.15) is 30.0 Å². The number of nitrogens with two attached hydrogens (primary N) is 1. The number of aryl methyl sites for hydroxylation is 1. The van der Waals surface area contributed by atoms with Crippen molar-refractivity contribution in [1.29, 1.82) is 0 Å². The Balaban J connectivity index is 1.24. The largest absolute Gasteiger partial charge is 0.486 e. The molecule has 2 aromatic heterocycles. The molecule has 11 nitrogen and oxygen atoms in total. The summed E-state index contributed by atoms with van der Waals surface area (Å²) in [7, 11) is 0. The maximum Gasteiger partial charge on any atom is 0.416 e. The molecule has 0 saturated carbocycles. The number of pyridine rings is 1. The lowest BCUT2D eigenvalue weighted by atomic mass is 9.73. The smallest absolute Gasteiger partial charge is 0.416 e. The molecule has 0 radical (unpaired) electrons. The normalized spacial score (nSPS) is 26.6. The Kier molecular flexibility index (Phi) is 5.94. The van der Waals surface area contributed by atoms with Gasteiger partial charge >= 0.3 is 6.09 Å². The Hall–Kier alpha value is -2.67. The number of nitrogens with zero attached hydrogens (tertiary/aromatic N) is 5. The van der Waals surface area contributed by atoms with Crippen molar-refractivity contribution in [3.8, 4) is 5.75 Å². The fourth-order valence-corrected chi connectivity index (χ4v) is 6.48. The molecule has 6 rings (SSSR count). The number of amides is 1. The molecule has 0 bridgehead atoms. The molecule has 6 heterocycles. The third-order valence-corrected chi connectivity index (χ3v) is 8.92. The third kappa shape index (κ3) is 3.78. The number of fused-ring (bicyclic) bond motifs is 3. The summed E-state index contributed by atoms with van der Waals surface area (Å²) in [5, 5.41) is 10.8. The number of hydrogen-bond donors (Lipinski definition) is 2. The quantitative estimate of drug-likeness (QED) is 0.619. The van der Waals surface area contributed by atoms with Gasteiger partial charge < -0.3 is 30.0 Å². The molecule has 1 amide bonds. The van der Waals surface area contributed by atoms with E-state index in [4.69, 9.17) is 29.9 Å². The average Bonchev–Trinajstić information content (AvgIpc) is 3.41. The van der Waals surface area contributed by atoms with Gasteiger partial charge in [-0.25, -0.2) is 24.6 Å². The molecule has 3 saturated heterocycles. The highest BCUT2D eigenvalue weighted by atomic mass is 32.2. The molecule has 4 aliphatic rings. The van der Waals surface area contributed by atoms with Crippen LogP contribution in [0.1, 0.15) is 31.2 Å². The molecule has 3 N–H and O–H groups in total. The number of aliphatic hydroxyl groups is 1. The van der Waals surface area contributed by atoms with Gasteiger partial charge in [-0.15, -0.1) is 0 Å². The zero-order valence-electron chi connectivity index (χ0n) is 20.3. The summed E-state index contributed by atoms with van der Waals surface area (Å²) in [5.74, 6) is 1.69. The summed E-state index contributed by atoms with van der Waals surface area (Å²) in [6.45, 7) is 6.64. The van der Waals surface area contributed by atoms with Gasteiger partial charge in [0.25, 0.3) is 0 Å². The molecule has 192 valence electrons. The second-order valence-corrected chi connectivity index (χ2v) is 10.9. The van der Waals surface area contributed by atoms with Crippen molar-refractivity contribution < 1.29 is 24.1 Å². The van der Waals surface area contributed by atoms with E-state index in [2.05, 4.69) is 9.88 Å². The molecule has 3 atom stereocenters. The van der Waals surface area contributed by atoms with Gasteiger partial charge in [0, 0.05) is 30.7 Å². The molecule has 3 fully saturated rings. The first-order chi connectivity index (χ1) is 17.4. The van der Waals surface area contributed by atoms with E-state index in [1.54, 1.807) is 11.1 Å². The lowest BCUT2D eigenvalue weighted by Crippen LogP contribution is -2.51. The minimum absolute atomic E-state index is 0.00870. The first-order valence-electron chi connectivity index (χ1n) is 12.3. The van der Waals surface area contributed by atoms with Crippen LogP contribution in [0.25, 0.3) is 0 Å². The molecule has 0 aliphatic carbocycles. The highest BCUT2D eigenvalue weighted by molar-refractivity contribution is 7.99. The van der Waals surface area contributed by atoms with E-state index in [0.717, 1.165) is 36.5 Å². The second kappa shape index (κ2) is 9.02. The fraction of sp³-hybridized carbons (Fsp3) is 0.583. The van der Waals surface area contributed by atoms with Crippen LogP contribution < -0.4 is 20.3 Å². The van der Waals surface area contributed by atoms with Gasteiger partial charge in [-0.05, 0) is 32.8 Å². The standard InChI is InChI=1S/C24H30N6O5S/c1-13-22(36-17-3-6-26-21-18(17)33-10-15-11-34-23(32)30(15)21)28-16(9-31)20(27-13)29-7-4-24(5-8-29)12-35-14(2)19(24)25/h3,6,14-15,19,31H,4-5,7-12,25H2,1-2H3/t14-,15?,19+/m0/s1. The van der Waals surface area contributed by atoms with Crippen LogP contribution in [0.3, 0.4) is 0 Å². The van der Waals surface area contributed by atoms with Crippen molar-refractivity contribution in [1.82, 2.24) is 15.0 Å². The van der Waals surface area contributed by atoms with Crippen molar-refractivity contribution in [3.63, 3.8) is 0 Å². The number of rotatable bonds is 4. The first-order valence-corrected chi connectivity index (χ1v) is 13.1. The van der Waals surface area contributed by atoms with Crippen molar-refractivity contribution in [3.05, 3.63) is 23.7 Å². The molecule has 12 heteroatoms. The lowest BCUT2D eigenvalue weighted by molar-refractivity contribution is 0.0973. The summed E-state index contributed by atoms with van der Waals surface area (Å²) in [4.78, 5) is 30.8. The number of carbonyl (C=O) groups excluding carboxylic acids is 1. The van der Waals surface area contributed by atoms with Gasteiger partial charge in [0.2, 0.25) is 0 Å². The third-order valence-electron chi connectivity index (χ3n) is 7.80. The summed E-state index contributed by atoms with van der Waals surface area (Å²) < 4.78 is 17.0. The Morgan fingerprint density at radius 2 is 2.00 bits per heavy atom. The van der Waals surface area contributed by atoms with E-state index in [-0.39, 0.29) is 30.2 Å². The SMILES string of the molecule is Cc1nc(N2CCC3(CC2)CO[C@@H](C)[C@H]3N)c(CO)nc1Sc1ccnc2c1OCC1COC(=O)N21. The molecule has 1 spiro atoms. The van der Waals surface area contributed by atoms with Crippen LogP contribution in [-0.4, -0.2) is 77.2 Å². The van der Waals surface area contributed by atoms with Crippen LogP contribution in [0.5, 0.6) is 5.75 Å². The number of carbonyl (C=O) groups is 1. The number of aromatic nitrogens is 3. The topological polar surface area (TPSA) is 136 Å². The van der Waals surface area contributed by atoms with Crippen molar-refractivity contribution in [2.75, 3.05) is 42.7 Å². The Morgan fingerprint density at radius 1 is 1.22 bits per heavy atom. The Bertz CT molecular complexity index is 1190. The number of piperidine rings is 1. The van der Waals surface area contributed by atoms with Crippen LogP contribution in [0.4, 0.5) is 16.4 Å². The van der Waals surface area contributed by atoms with Gasteiger partial charge in [0.05, 0.1) is 29.9 Å². The second-order valence-electron chi connectivity index (χ2n) is 9.91. The summed E-state index contributed by atoms with van der Waals surface area (Å²) in [6, 6.07) is 1.70. The molecule has 4 aliphatic heterocycles.